The van der Waals surface area contributed by atoms with E-state index in [9.17, 15) is 4.79 Å². The Morgan fingerprint density at radius 2 is 1.88 bits per heavy atom. The van der Waals surface area contributed by atoms with E-state index in [2.05, 4.69) is 31.8 Å². The average Bonchev–Trinajstić information content (AvgIpc) is 3.18. The van der Waals surface area contributed by atoms with Gasteiger partial charge >= 0.3 is 0 Å². The predicted octanol–water partition coefficient (Wildman–Crippen LogP) is 1.64. The normalized spacial score (nSPS) is 16.2. The number of hydrogen-bond donors (Lipinski definition) is 0. The minimum Gasteiger partial charge on any atom is -0.442 e. The molecule has 1 fully saturated rings. The lowest BCUT2D eigenvalue weighted by molar-refractivity contribution is -0.120. The highest BCUT2D eigenvalue weighted by Crippen LogP contribution is 2.21. The topological polar surface area (TPSA) is 75.4 Å². The summed E-state index contributed by atoms with van der Waals surface area (Å²) >= 11 is 0. The average molecular weight is 351 g/mol. The molecule has 134 valence electrons. The molecule has 0 amide bonds. The van der Waals surface area contributed by atoms with Crippen LogP contribution in [0.15, 0.2) is 41.5 Å². The number of nitrogens with zero attached hydrogens (tertiary/aromatic N) is 5. The first-order chi connectivity index (χ1) is 12.7. The van der Waals surface area contributed by atoms with Gasteiger partial charge in [-0.2, -0.15) is 0 Å². The fraction of sp³-hybridized carbons (Fsp3) is 0.368. The molecular weight excluding hydrogens is 330 g/mol. The zero-order valence-electron chi connectivity index (χ0n) is 14.8. The van der Waals surface area contributed by atoms with E-state index < -0.39 is 0 Å². The van der Waals surface area contributed by atoms with Crippen molar-refractivity contribution in [2.75, 3.05) is 39.8 Å². The van der Waals surface area contributed by atoms with Gasteiger partial charge in [-0.3, -0.25) is 19.7 Å². The van der Waals surface area contributed by atoms with Crippen LogP contribution in [0.3, 0.4) is 0 Å². The van der Waals surface area contributed by atoms with Gasteiger partial charge in [0.1, 0.15) is 5.69 Å². The van der Waals surface area contributed by atoms with Gasteiger partial charge in [-0.05, 0) is 24.6 Å². The molecule has 3 aromatic heterocycles. The third kappa shape index (κ3) is 3.79. The Kier molecular flexibility index (Phi) is 4.73. The second-order valence-corrected chi connectivity index (χ2v) is 6.75. The number of carbonyl (C=O) groups excluding carboxylic acids is 1. The van der Waals surface area contributed by atoms with E-state index in [0.29, 0.717) is 18.7 Å². The highest BCUT2D eigenvalue weighted by molar-refractivity contribution is 5.86. The molecule has 0 aromatic carbocycles. The fourth-order valence-corrected chi connectivity index (χ4v) is 3.17. The van der Waals surface area contributed by atoms with E-state index in [0.717, 1.165) is 48.3 Å². The van der Waals surface area contributed by atoms with Crippen molar-refractivity contribution in [2.24, 2.45) is 0 Å². The van der Waals surface area contributed by atoms with Crippen LogP contribution in [0.25, 0.3) is 22.2 Å². The van der Waals surface area contributed by atoms with Crippen LogP contribution in [0.1, 0.15) is 5.69 Å². The zero-order valence-corrected chi connectivity index (χ0v) is 14.8. The summed E-state index contributed by atoms with van der Waals surface area (Å²) in [7, 11) is 2.11. The summed E-state index contributed by atoms with van der Waals surface area (Å²) in [5.74, 6) is 0.822. The van der Waals surface area contributed by atoms with Crippen molar-refractivity contribution in [1.29, 1.82) is 0 Å². The second kappa shape index (κ2) is 7.31. The molecule has 0 N–H and O–H groups in total. The predicted molar refractivity (Wildman–Crippen MR) is 97.7 cm³/mol. The van der Waals surface area contributed by atoms with Crippen molar-refractivity contribution in [3.63, 3.8) is 0 Å². The van der Waals surface area contributed by atoms with Gasteiger partial charge in [0.2, 0.25) is 0 Å². The van der Waals surface area contributed by atoms with Gasteiger partial charge < -0.3 is 9.32 Å². The zero-order chi connectivity index (χ0) is 17.9. The van der Waals surface area contributed by atoms with Gasteiger partial charge in [0.15, 0.2) is 17.9 Å². The lowest BCUT2D eigenvalue weighted by atomic mass is 10.1. The highest BCUT2D eigenvalue weighted by atomic mass is 16.3. The van der Waals surface area contributed by atoms with Crippen LogP contribution in [-0.4, -0.2) is 70.3 Å². The first kappa shape index (κ1) is 16.8. The maximum Gasteiger partial charge on any atom is 0.181 e. The van der Waals surface area contributed by atoms with E-state index >= 15 is 0 Å². The number of piperazine rings is 1. The summed E-state index contributed by atoms with van der Waals surface area (Å²) in [4.78, 5) is 29.6. The number of fused-ring (bicyclic) bond motifs is 1. The smallest absolute Gasteiger partial charge is 0.181 e. The van der Waals surface area contributed by atoms with Crippen LogP contribution in [0.2, 0.25) is 0 Å². The first-order valence-corrected chi connectivity index (χ1v) is 8.73. The van der Waals surface area contributed by atoms with Crippen molar-refractivity contribution in [3.8, 4) is 11.5 Å². The second-order valence-electron chi connectivity index (χ2n) is 6.75. The number of oxazole rings is 1. The Hall–Kier alpha value is -2.64. The summed E-state index contributed by atoms with van der Waals surface area (Å²) < 4.78 is 5.30. The number of aromatic nitrogens is 3. The van der Waals surface area contributed by atoms with Gasteiger partial charge in [-0.25, -0.2) is 4.98 Å². The van der Waals surface area contributed by atoms with E-state index in [1.165, 1.54) is 6.39 Å². The minimum atomic E-state index is 0.200. The molecule has 0 aliphatic carbocycles. The summed E-state index contributed by atoms with van der Waals surface area (Å²) in [6.45, 7) is 4.41. The Morgan fingerprint density at radius 3 is 2.65 bits per heavy atom. The Balaban J connectivity index is 1.47. The summed E-state index contributed by atoms with van der Waals surface area (Å²) in [5.41, 5.74) is 1.50. The number of hydrogen-bond acceptors (Lipinski definition) is 7. The quantitative estimate of drug-likeness (QED) is 0.692. The van der Waals surface area contributed by atoms with E-state index in [4.69, 9.17) is 4.42 Å². The van der Waals surface area contributed by atoms with Gasteiger partial charge in [-0.1, -0.05) is 0 Å². The SMILES string of the molecule is CN1CCN(CC(=O)Cc2cc3cc(-c4cnco4)ncc3cn2)CC1. The molecule has 4 heterocycles. The van der Waals surface area contributed by atoms with Crippen LogP contribution in [0.4, 0.5) is 0 Å². The van der Waals surface area contributed by atoms with Crippen LogP contribution < -0.4 is 0 Å². The Bertz CT molecular complexity index is 901. The van der Waals surface area contributed by atoms with Crippen LogP contribution >= 0.6 is 0 Å². The summed E-state index contributed by atoms with van der Waals surface area (Å²) in [5, 5.41) is 1.92. The number of pyridine rings is 2. The van der Waals surface area contributed by atoms with Gasteiger partial charge in [-0.15, -0.1) is 0 Å². The number of likely N-dealkylation sites (N-methyl/N-ethyl adjacent to an activating group) is 1. The molecule has 0 radical (unpaired) electrons. The third-order valence-electron chi connectivity index (χ3n) is 4.72. The molecule has 7 heteroatoms. The molecule has 26 heavy (non-hydrogen) atoms. The standard InChI is InChI=1S/C19H21N5O2/c1-23-2-4-24(5-3-23)12-17(25)8-16-6-14-7-18(19-11-20-13-26-19)22-10-15(14)9-21-16/h6-7,9-11,13H,2-5,8,12H2,1H3. The van der Waals surface area contributed by atoms with Crippen molar-refractivity contribution in [2.45, 2.75) is 6.42 Å². The molecule has 0 unspecified atom stereocenters. The maximum absolute atomic E-state index is 12.4. The molecule has 0 bridgehead atoms. The molecular formula is C19H21N5O2. The van der Waals surface area contributed by atoms with E-state index in [-0.39, 0.29) is 5.78 Å². The lowest BCUT2D eigenvalue weighted by Gasteiger charge is -2.31. The third-order valence-corrected chi connectivity index (χ3v) is 4.72. The number of carbonyl (C=O) groups is 1. The highest BCUT2D eigenvalue weighted by Gasteiger charge is 2.17. The molecule has 0 saturated carbocycles. The van der Waals surface area contributed by atoms with Crippen molar-refractivity contribution in [3.05, 3.63) is 42.8 Å². The van der Waals surface area contributed by atoms with Gasteiger partial charge in [0.05, 0.1) is 19.2 Å². The maximum atomic E-state index is 12.4. The van der Waals surface area contributed by atoms with Crippen LogP contribution in [0, 0.1) is 0 Å². The molecule has 7 nitrogen and oxygen atoms in total. The number of ketones is 1. The summed E-state index contributed by atoms with van der Waals surface area (Å²) in [6, 6.07) is 3.89. The monoisotopic (exact) mass is 351 g/mol. The van der Waals surface area contributed by atoms with Crippen molar-refractivity contribution in [1.82, 2.24) is 24.8 Å². The molecule has 1 saturated heterocycles. The minimum absolute atomic E-state index is 0.200. The van der Waals surface area contributed by atoms with E-state index in [1.807, 2.05) is 12.1 Å². The summed E-state index contributed by atoms with van der Waals surface area (Å²) in [6.07, 6.45) is 6.90. The van der Waals surface area contributed by atoms with Gasteiger partial charge in [0, 0.05) is 49.7 Å². The molecule has 1 aliphatic rings. The fourth-order valence-electron chi connectivity index (χ4n) is 3.17. The first-order valence-electron chi connectivity index (χ1n) is 8.73. The van der Waals surface area contributed by atoms with Crippen LogP contribution in [0.5, 0.6) is 0 Å². The number of rotatable bonds is 5. The Morgan fingerprint density at radius 1 is 1.08 bits per heavy atom. The Labute approximate surface area is 151 Å². The largest absolute Gasteiger partial charge is 0.442 e. The number of Topliss-reactive ketones (excluding diaryl/α,β-unsaturated/α-hetero) is 1. The molecule has 0 atom stereocenters. The van der Waals surface area contributed by atoms with E-state index in [1.54, 1.807) is 18.6 Å². The van der Waals surface area contributed by atoms with Crippen molar-refractivity contribution >= 4 is 16.6 Å². The van der Waals surface area contributed by atoms with Crippen molar-refractivity contribution < 1.29 is 9.21 Å². The molecule has 4 rings (SSSR count). The lowest BCUT2D eigenvalue weighted by Crippen LogP contribution is -2.46. The van der Waals surface area contributed by atoms with Gasteiger partial charge in [0.25, 0.3) is 0 Å². The molecule has 1 aliphatic heterocycles. The van der Waals surface area contributed by atoms with Crippen LogP contribution in [-0.2, 0) is 11.2 Å². The molecule has 0 spiro atoms. The molecule has 3 aromatic rings.